The van der Waals surface area contributed by atoms with E-state index >= 15 is 0 Å². The first-order valence-electron chi connectivity index (χ1n) is 9.70. The number of urea groups is 1. The average molecular weight is 411 g/mol. The lowest BCUT2D eigenvalue weighted by atomic mass is 10.1. The third-order valence-corrected chi connectivity index (χ3v) is 4.83. The van der Waals surface area contributed by atoms with Gasteiger partial charge in [-0.1, -0.05) is 11.6 Å². The van der Waals surface area contributed by atoms with Crippen LogP contribution in [0.25, 0.3) is 0 Å². The number of hydrogen-bond acceptors (Lipinski definition) is 8. The Morgan fingerprint density at radius 2 is 2.07 bits per heavy atom. The average Bonchev–Trinajstić information content (AvgIpc) is 3.34. The minimum atomic E-state index is -1.06. The van der Waals surface area contributed by atoms with Gasteiger partial charge in [-0.2, -0.15) is 4.98 Å². The van der Waals surface area contributed by atoms with Crippen molar-refractivity contribution in [3.63, 3.8) is 0 Å². The normalized spacial score (nSPS) is 18.4. The Kier molecular flexibility index (Phi) is 8.34. The molecule has 0 saturated carbocycles. The maximum atomic E-state index is 12.6. The largest absolute Gasteiger partial charge is 0.480 e. The van der Waals surface area contributed by atoms with Crippen LogP contribution in [0.4, 0.5) is 4.79 Å². The molecular formula is C17H29N7O5. The fraction of sp³-hybridized carbons (Fsp3) is 0.706. The Hall–Kier alpha value is -2.73. The summed E-state index contributed by atoms with van der Waals surface area (Å²) in [5.41, 5.74) is 16.8. The molecule has 3 atom stereocenters. The monoisotopic (exact) mass is 411 g/mol. The number of amides is 3. The molecule has 2 heterocycles. The van der Waals surface area contributed by atoms with Crippen molar-refractivity contribution in [3.05, 3.63) is 11.7 Å². The number of nitrogens with one attached hydrogen (secondary N) is 1. The van der Waals surface area contributed by atoms with Gasteiger partial charge in [0, 0.05) is 13.0 Å². The molecule has 0 unspecified atom stereocenters. The van der Waals surface area contributed by atoms with Crippen LogP contribution in [0.5, 0.6) is 0 Å². The topological polar surface area (TPSA) is 204 Å². The Labute approximate surface area is 168 Å². The fourth-order valence-electron chi connectivity index (χ4n) is 3.22. The summed E-state index contributed by atoms with van der Waals surface area (Å²) >= 11 is 0. The second-order valence-electron chi connectivity index (χ2n) is 7.08. The Morgan fingerprint density at radius 3 is 2.72 bits per heavy atom. The zero-order valence-corrected chi connectivity index (χ0v) is 16.2. The number of nitrogens with zero attached hydrogens (tertiary/aromatic N) is 3. The van der Waals surface area contributed by atoms with Gasteiger partial charge in [0.05, 0.1) is 6.04 Å². The molecule has 1 aliphatic rings. The van der Waals surface area contributed by atoms with Gasteiger partial charge >= 0.3 is 12.0 Å². The van der Waals surface area contributed by atoms with Crippen LogP contribution in [0, 0.1) is 0 Å². The predicted molar refractivity (Wildman–Crippen MR) is 101 cm³/mol. The van der Waals surface area contributed by atoms with Gasteiger partial charge < -0.3 is 37.0 Å². The maximum Gasteiger partial charge on any atom is 0.326 e. The summed E-state index contributed by atoms with van der Waals surface area (Å²) in [4.78, 5) is 40.7. The second kappa shape index (κ2) is 10.7. The van der Waals surface area contributed by atoms with Gasteiger partial charge in [-0.25, -0.2) is 9.59 Å². The first-order chi connectivity index (χ1) is 13.8. The third-order valence-electron chi connectivity index (χ3n) is 4.83. The van der Waals surface area contributed by atoms with Gasteiger partial charge in [0.15, 0.2) is 5.82 Å². The summed E-state index contributed by atoms with van der Waals surface area (Å²) in [6.45, 7) is 0.895. The van der Waals surface area contributed by atoms with Crippen LogP contribution in [0.3, 0.4) is 0 Å². The van der Waals surface area contributed by atoms with E-state index in [2.05, 4.69) is 15.5 Å². The van der Waals surface area contributed by atoms with Crippen molar-refractivity contribution in [2.75, 3.05) is 13.1 Å². The summed E-state index contributed by atoms with van der Waals surface area (Å²) in [6.07, 6.45) is 3.37. The number of hydrogen-bond donors (Lipinski definition) is 5. The van der Waals surface area contributed by atoms with Crippen LogP contribution in [-0.2, 0) is 9.59 Å². The summed E-state index contributed by atoms with van der Waals surface area (Å²) in [6, 6.07) is -2.69. The number of carboxylic acids is 1. The van der Waals surface area contributed by atoms with Gasteiger partial charge in [0.25, 0.3) is 0 Å². The van der Waals surface area contributed by atoms with Crippen LogP contribution >= 0.6 is 0 Å². The summed E-state index contributed by atoms with van der Waals surface area (Å²) < 4.78 is 5.26. The Balaban J connectivity index is 2.08. The molecule has 0 aromatic carbocycles. The minimum absolute atomic E-state index is 0.0203. The van der Waals surface area contributed by atoms with Gasteiger partial charge in [-0.15, -0.1) is 0 Å². The Morgan fingerprint density at radius 1 is 1.31 bits per heavy atom. The number of carbonyl (C=O) groups excluding carboxylic acids is 2. The molecule has 1 saturated heterocycles. The third kappa shape index (κ3) is 6.39. The molecule has 1 aliphatic heterocycles. The summed E-state index contributed by atoms with van der Waals surface area (Å²) in [7, 11) is 0. The van der Waals surface area contributed by atoms with Crippen molar-refractivity contribution in [1.29, 1.82) is 0 Å². The predicted octanol–water partition coefficient (Wildman–Crippen LogP) is -0.236. The summed E-state index contributed by atoms with van der Waals surface area (Å²) in [5.74, 6) is -1.23. The van der Waals surface area contributed by atoms with E-state index in [0.717, 1.165) is 12.8 Å². The van der Waals surface area contributed by atoms with Crippen LogP contribution in [0.15, 0.2) is 4.52 Å². The molecule has 162 valence electrons. The first-order valence-corrected chi connectivity index (χ1v) is 9.70. The number of rotatable bonds is 11. The van der Waals surface area contributed by atoms with Crippen molar-refractivity contribution in [2.45, 2.75) is 63.1 Å². The van der Waals surface area contributed by atoms with Gasteiger partial charge in [0.1, 0.15) is 12.1 Å². The lowest BCUT2D eigenvalue weighted by Crippen LogP contribution is -2.47. The van der Waals surface area contributed by atoms with E-state index in [0.29, 0.717) is 38.2 Å². The van der Waals surface area contributed by atoms with Crippen molar-refractivity contribution in [2.24, 2.45) is 17.2 Å². The molecule has 0 bridgehead atoms. The highest BCUT2D eigenvalue weighted by Gasteiger charge is 2.35. The molecule has 12 heteroatoms. The highest BCUT2D eigenvalue weighted by Crippen LogP contribution is 2.23. The fourth-order valence-corrected chi connectivity index (χ4v) is 3.22. The number of primary amides is 1. The zero-order chi connectivity index (χ0) is 21.4. The molecule has 1 fully saturated rings. The molecule has 2 rings (SSSR count). The van der Waals surface area contributed by atoms with Crippen LogP contribution in [-0.4, -0.2) is 57.2 Å². The van der Waals surface area contributed by atoms with Crippen LogP contribution < -0.4 is 22.5 Å². The van der Waals surface area contributed by atoms with Crippen LogP contribution in [0.1, 0.15) is 68.7 Å². The molecule has 0 radical (unpaired) electrons. The smallest absolute Gasteiger partial charge is 0.326 e. The quantitative estimate of drug-likeness (QED) is 0.304. The van der Waals surface area contributed by atoms with E-state index in [-0.39, 0.29) is 18.7 Å². The lowest BCUT2D eigenvalue weighted by Gasteiger charge is -2.24. The zero-order valence-electron chi connectivity index (χ0n) is 16.2. The van der Waals surface area contributed by atoms with E-state index in [9.17, 15) is 19.5 Å². The van der Waals surface area contributed by atoms with E-state index in [1.165, 1.54) is 4.90 Å². The molecule has 0 spiro atoms. The number of aromatic nitrogens is 2. The van der Waals surface area contributed by atoms with Crippen molar-refractivity contribution in [1.82, 2.24) is 20.4 Å². The molecule has 1 aromatic rings. The molecule has 3 amide bonds. The highest BCUT2D eigenvalue weighted by atomic mass is 16.5. The SMILES string of the molecule is NCCCC[C@H](N)c1noc([C@H](CCC(N)=O)NC(=O)N2CCC[C@@H]2C(=O)O)n1. The summed E-state index contributed by atoms with van der Waals surface area (Å²) in [5, 5.41) is 15.8. The molecule has 29 heavy (non-hydrogen) atoms. The van der Waals surface area contributed by atoms with E-state index in [4.69, 9.17) is 21.7 Å². The number of carbonyl (C=O) groups is 3. The van der Waals surface area contributed by atoms with Gasteiger partial charge in [0.2, 0.25) is 11.8 Å². The van der Waals surface area contributed by atoms with Crippen LogP contribution in [0.2, 0.25) is 0 Å². The number of aliphatic carboxylic acids is 1. The molecular weight excluding hydrogens is 382 g/mol. The molecule has 12 nitrogen and oxygen atoms in total. The highest BCUT2D eigenvalue weighted by molar-refractivity contribution is 5.83. The number of unbranched alkanes of at least 4 members (excludes halogenated alkanes) is 1. The van der Waals surface area contributed by atoms with E-state index in [1.54, 1.807) is 0 Å². The number of likely N-dealkylation sites (tertiary alicyclic amines) is 1. The molecule has 0 aliphatic carbocycles. The Bertz CT molecular complexity index is 710. The van der Waals surface area contributed by atoms with Gasteiger partial charge in [-0.3, -0.25) is 4.79 Å². The second-order valence-corrected chi connectivity index (χ2v) is 7.08. The number of carboxylic acid groups (broad SMARTS) is 1. The van der Waals surface area contributed by atoms with Crippen molar-refractivity contribution < 1.29 is 24.0 Å². The van der Waals surface area contributed by atoms with Crippen molar-refractivity contribution in [3.8, 4) is 0 Å². The van der Waals surface area contributed by atoms with E-state index < -0.39 is 36.0 Å². The maximum absolute atomic E-state index is 12.6. The lowest BCUT2D eigenvalue weighted by molar-refractivity contribution is -0.141. The number of nitrogens with two attached hydrogens (primary N) is 3. The van der Waals surface area contributed by atoms with E-state index in [1.807, 2.05) is 0 Å². The standard InChI is InChI=1S/C17H29N7O5/c18-8-2-1-4-10(19)14-22-15(29-23-14)11(6-7-13(20)25)21-17(28)24-9-3-5-12(24)16(26)27/h10-12H,1-9,18-19H2,(H2,20,25)(H,21,28)(H,26,27)/t10-,11-,12+/m0/s1. The molecule has 1 aromatic heterocycles. The first kappa shape index (κ1) is 22.6. The van der Waals surface area contributed by atoms with Crippen molar-refractivity contribution >= 4 is 17.9 Å². The van der Waals surface area contributed by atoms with Gasteiger partial charge in [-0.05, 0) is 38.6 Å². The minimum Gasteiger partial charge on any atom is -0.480 e. The molecule has 8 N–H and O–H groups in total.